The number of H-pyrrole nitrogens is 1. The predicted molar refractivity (Wildman–Crippen MR) is 49.6 cm³/mol. The third-order valence-corrected chi connectivity index (χ3v) is 1.55. The lowest BCUT2D eigenvalue weighted by Crippen LogP contribution is -2.13. The fourth-order valence-corrected chi connectivity index (χ4v) is 0.852. The van der Waals surface area contributed by atoms with Crippen LogP contribution in [0.5, 0.6) is 0 Å². The van der Waals surface area contributed by atoms with Crippen molar-refractivity contribution in [1.29, 1.82) is 0 Å². The third kappa shape index (κ3) is 3.71. The van der Waals surface area contributed by atoms with Crippen LogP contribution in [0.1, 0.15) is 13.3 Å². The van der Waals surface area contributed by atoms with E-state index in [9.17, 15) is 4.79 Å². The van der Waals surface area contributed by atoms with Gasteiger partial charge in [-0.25, -0.2) is 5.10 Å². The second kappa shape index (κ2) is 4.61. The van der Waals surface area contributed by atoms with E-state index in [-0.39, 0.29) is 11.7 Å². The van der Waals surface area contributed by atoms with Gasteiger partial charge in [-0.2, -0.15) is 5.10 Å². The Morgan fingerprint density at radius 3 is 3.00 bits per heavy atom. The smallest absolute Gasteiger partial charge is 0.264 e. The molecule has 1 rings (SSSR count). The fourth-order valence-electron chi connectivity index (χ4n) is 0.852. The van der Waals surface area contributed by atoms with Gasteiger partial charge in [-0.3, -0.25) is 4.79 Å². The van der Waals surface area contributed by atoms with E-state index in [0.717, 1.165) is 0 Å². The van der Waals surface area contributed by atoms with Crippen LogP contribution in [0, 0.1) is 0 Å². The monoisotopic (exact) mass is 183 g/mol. The summed E-state index contributed by atoms with van der Waals surface area (Å²) < 4.78 is 0. The molecule has 0 fully saturated rings. The third-order valence-electron chi connectivity index (χ3n) is 1.55. The van der Waals surface area contributed by atoms with Gasteiger partial charge in [0.1, 0.15) is 5.82 Å². The first-order chi connectivity index (χ1) is 6.18. The van der Waals surface area contributed by atoms with Crippen molar-refractivity contribution in [1.82, 2.24) is 10.2 Å². The quantitative estimate of drug-likeness (QED) is 0.611. The van der Waals surface area contributed by atoms with Gasteiger partial charge in [0.2, 0.25) is 0 Å². The van der Waals surface area contributed by atoms with Crippen molar-refractivity contribution in [3.8, 4) is 0 Å². The zero-order valence-electron chi connectivity index (χ0n) is 7.45. The van der Waals surface area contributed by atoms with E-state index in [0.29, 0.717) is 18.8 Å². The van der Waals surface area contributed by atoms with Gasteiger partial charge in [0, 0.05) is 12.6 Å². The van der Waals surface area contributed by atoms with Crippen molar-refractivity contribution in [3.63, 3.8) is 0 Å². The van der Waals surface area contributed by atoms with E-state index >= 15 is 0 Å². The van der Waals surface area contributed by atoms with Crippen LogP contribution in [0.4, 0.5) is 5.82 Å². The Labute approximate surface area is 75.8 Å². The highest BCUT2D eigenvalue weighted by Gasteiger charge is 1.96. The van der Waals surface area contributed by atoms with Crippen LogP contribution in [0.15, 0.2) is 16.9 Å². The Hall–Kier alpha value is -1.36. The van der Waals surface area contributed by atoms with Gasteiger partial charge in [0.25, 0.3) is 5.56 Å². The molecule has 1 aromatic heterocycles. The zero-order chi connectivity index (χ0) is 9.68. The lowest BCUT2D eigenvalue weighted by molar-refractivity contribution is 0.188. The molecule has 1 aromatic rings. The van der Waals surface area contributed by atoms with E-state index in [4.69, 9.17) is 5.11 Å². The summed E-state index contributed by atoms with van der Waals surface area (Å²) in [5.41, 5.74) is -0.221. The maximum absolute atomic E-state index is 10.6. The molecule has 0 aromatic carbocycles. The van der Waals surface area contributed by atoms with Crippen molar-refractivity contribution in [3.05, 3.63) is 22.5 Å². The Bertz CT molecular complexity index is 288. The zero-order valence-corrected chi connectivity index (χ0v) is 7.45. The van der Waals surface area contributed by atoms with Gasteiger partial charge in [-0.1, -0.05) is 0 Å². The van der Waals surface area contributed by atoms with Crippen molar-refractivity contribution in [2.75, 3.05) is 11.9 Å². The number of hydrogen-bond acceptors (Lipinski definition) is 4. The second-order valence-electron chi connectivity index (χ2n) is 2.87. The SMILES string of the molecule is CC(O)CCNc1ccc(=O)[nH]n1. The number of hydrogen-bond donors (Lipinski definition) is 3. The largest absolute Gasteiger partial charge is 0.393 e. The van der Waals surface area contributed by atoms with Gasteiger partial charge in [0.15, 0.2) is 0 Å². The molecule has 1 atom stereocenters. The molecule has 0 saturated carbocycles. The molecule has 5 heteroatoms. The molecule has 72 valence electrons. The standard InChI is InChI=1S/C8H13N3O2/c1-6(12)4-5-9-7-2-3-8(13)11-10-7/h2-3,6,12H,4-5H2,1H3,(H,9,10)(H,11,13). The fraction of sp³-hybridized carbons (Fsp3) is 0.500. The van der Waals surface area contributed by atoms with Gasteiger partial charge in [-0.05, 0) is 19.4 Å². The Morgan fingerprint density at radius 2 is 2.46 bits per heavy atom. The predicted octanol–water partition coefficient (Wildman–Crippen LogP) is -0.0473. The van der Waals surface area contributed by atoms with E-state index in [2.05, 4.69) is 15.5 Å². The molecule has 0 aliphatic rings. The lowest BCUT2D eigenvalue weighted by atomic mass is 10.3. The molecule has 5 nitrogen and oxygen atoms in total. The lowest BCUT2D eigenvalue weighted by Gasteiger charge is -2.05. The normalized spacial score (nSPS) is 12.5. The highest BCUT2D eigenvalue weighted by molar-refractivity contribution is 5.31. The van der Waals surface area contributed by atoms with Gasteiger partial charge in [0.05, 0.1) is 6.10 Å². The number of aliphatic hydroxyl groups is 1. The molecule has 1 heterocycles. The molecule has 1 unspecified atom stereocenters. The molecule has 0 saturated heterocycles. The topological polar surface area (TPSA) is 78.0 Å². The molecule has 0 aliphatic carbocycles. The molecule has 0 bridgehead atoms. The van der Waals surface area contributed by atoms with Crippen LogP contribution in [-0.4, -0.2) is 28.0 Å². The number of aromatic amines is 1. The minimum Gasteiger partial charge on any atom is -0.393 e. The number of nitrogens with one attached hydrogen (secondary N) is 2. The van der Waals surface area contributed by atoms with Crippen molar-refractivity contribution in [2.45, 2.75) is 19.4 Å². The molecule has 13 heavy (non-hydrogen) atoms. The molecule has 0 amide bonds. The molecular formula is C8H13N3O2. The van der Waals surface area contributed by atoms with Crippen LogP contribution in [0.2, 0.25) is 0 Å². The Balaban J connectivity index is 2.37. The van der Waals surface area contributed by atoms with E-state index in [1.807, 2.05) is 0 Å². The van der Waals surface area contributed by atoms with Crippen LogP contribution < -0.4 is 10.9 Å². The number of aliphatic hydroxyl groups excluding tert-OH is 1. The minimum absolute atomic E-state index is 0.221. The van der Waals surface area contributed by atoms with Crippen LogP contribution in [0.25, 0.3) is 0 Å². The number of rotatable bonds is 4. The highest BCUT2D eigenvalue weighted by atomic mass is 16.3. The van der Waals surface area contributed by atoms with Crippen LogP contribution >= 0.6 is 0 Å². The maximum Gasteiger partial charge on any atom is 0.264 e. The summed E-state index contributed by atoms with van der Waals surface area (Å²) in [6.07, 6.45) is 0.330. The summed E-state index contributed by atoms with van der Waals surface area (Å²) in [4.78, 5) is 10.6. The summed E-state index contributed by atoms with van der Waals surface area (Å²) in [6.45, 7) is 2.36. The average Bonchev–Trinajstić information content (AvgIpc) is 2.08. The van der Waals surface area contributed by atoms with E-state index < -0.39 is 0 Å². The maximum atomic E-state index is 10.6. The van der Waals surface area contributed by atoms with Crippen molar-refractivity contribution < 1.29 is 5.11 Å². The molecule has 0 aliphatic heterocycles. The Morgan fingerprint density at radius 1 is 1.69 bits per heavy atom. The summed E-state index contributed by atoms with van der Waals surface area (Å²) in [5, 5.41) is 18.0. The summed E-state index contributed by atoms with van der Waals surface area (Å²) in [7, 11) is 0. The summed E-state index contributed by atoms with van der Waals surface area (Å²) in [6, 6.07) is 3.00. The minimum atomic E-state index is -0.324. The van der Waals surface area contributed by atoms with Crippen molar-refractivity contribution >= 4 is 5.82 Å². The van der Waals surface area contributed by atoms with Crippen LogP contribution in [0.3, 0.4) is 0 Å². The van der Waals surface area contributed by atoms with Crippen molar-refractivity contribution in [2.24, 2.45) is 0 Å². The molecule has 0 radical (unpaired) electrons. The first-order valence-electron chi connectivity index (χ1n) is 4.16. The van der Waals surface area contributed by atoms with Gasteiger partial charge >= 0.3 is 0 Å². The average molecular weight is 183 g/mol. The van der Waals surface area contributed by atoms with Gasteiger partial charge < -0.3 is 10.4 Å². The molecular weight excluding hydrogens is 170 g/mol. The molecule has 0 spiro atoms. The van der Waals surface area contributed by atoms with E-state index in [1.54, 1.807) is 13.0 Å². The summed E-state index contributed by atoms with van der Waals surface area (Å²) in [5.74, 6) is 0.611. The van der Waals surface area contributed by atoms with E-state index in [1.165, 1.54) is 6.07 Å². The molecule has 3 N–H and O–H groups in total. The first kappa shape index (κ1) is 9.73. The highest BCUT2D eigenvalue weighted by Crippen LogP contribution is 1.97. The van der Waals surface area contributed by atoms with Crippen LogP contribution in [-0.2, 0) is 0 Å². The Kier molecular flexibility index (Phi) is 3.45. The first-order valence-corrected chi connectivity index (χ1v) is 4.16. The summed E-state index contributed by atoms with van der Waals surface area (Å²) >= 11 is 0. The second-order valence-corrected chi connectivity index (χ2v) is 2.87. The number of aromatic nitrogens is 2. The van der Waals surface area contributed by atoms with Gasteiger partial charge in [-0.15, -0.1) is 0 Å². The number of anilines is 1. The number of nitrogens with zero attached hydrogens (tertiary/aromatic N) is 1.